The summed E-state index contributed by atoms with van der Waals surface area (Å²) in [7, 11) is 0. The van der Waals surface area contributed by atoms with Crippen molar-refractivity contribution in [3.8, 4) is 0 Å². The third-order valence-corrected chi connectivity index (χ3v) is 5.29. The van der Waals surface area contributed by atoms with E-state index in [1.54, 1.807) is 17.0 Å². The van der Waals surface area contributed by atoms with Crippen molar-refractivity contribution in [2.45, 2.75) is 18.6 Å². The van der Waals surface area contributed by atoms with E-state index in [1.807, 2.05) is 48.5 Å². The van der Waals surface area contributed by atoms with Crippen LogP contribution in [0.1, 0.15) is 28.8 Å². The second kappa shape index (κ2) is 8.59. The van der Waals surface area contributed by atoms with E-state index in [2.05, 4.69) is 5.32 Å². The Labute approximate surface area is 170 Å². The Bertz CT molecular complexity index is 894. The Morgan fingerprint density at radius 1 is 0.931 bits per heavy atom. The van der Waals surface area contributed by atoms with Crippen molar-refractivity contribution in [3.05, 3.63) is 71.8 Å². The summed E-state index contributed by atoms with van der Waals surface area (Å²) >= 11 is 0. The van der Waals surface area contributed by atoms with Gasteiger partial charge in [-0.1, -0.05) is 36.4 Å². The molecule has 2 saturated heterocycles. The molecule has 150 valence electrons. The van der Waals surface area contributed by atoms with Crippen LogP contribution in [-0.4, -0.2) is 48.8 Å². The molecule has 2 aromatic carbocycles. The third kappa shape index (κ3) is 4.55. The Morgan fingerprint density at radius 3 is 2.31 bits per heavy atom. The molecule has 0 aromatic heterocycles. The van der Waals surface area contributed by atoms with E-state index in [-0.39, 0.29) is 11.8 Å². The van der Waals surface area contributed by atoms with Gasteiger partial charge < -0.3 is 19.7 Å². The number of nitrogens with zero attached hydrogens (tertiary/aromatic N) is 1. The van der Waals surface area contributed by atoms with Gasteiger partial charge in [-0.25, -0.2) is 0 Å². The molecule has 6 nitrogen and oxygen atoms in total. The Kier molecular flexibility index (Phi) is 5.74. The normalized spacial score (nSPS) is 18.3. The lowest BCUT2D eigenvalue weighted by molar-refractivity contribution is -0.186. The molecule has 2 aromatic rings. The van der Waals surface area contributed by atoms with E-state index >= 15 is 0 Å². The highest BCUT2D eigenvalue weighted by molar-refractivity contribution is 6.07. The second-order valence-electron chi connectivity index (χ2n) is 7.17. The Hall–Kier alpha value is -2.96. The number of hydrogen-bond donors (Lipinski definition) is 1. The van der Waals surface area contributed by atoms with Crippen LogP contribution in [0.3, 0.4) is 0 Å². The zero-order chi connectivity index (χ0) is 20.1. The van der Waals surface area contributed by atoms with Crippen LogP contribution in [0.4, 0.5) is 5.69 Å². The maximum absolute atomic E-state index is 12.7. The van der Waals surface area contributed by atoms with Crippen molar-refractivity contribution in [1.29, 1.82) is 0 Å². The molecule has 0 unspecified atom stereocenters. The molecular weight excluding hydrogens is 368 g/mol. The van der Waals surface area contributed by atoms with Crippen LogP contribution in [0.2, 0.25) is 0 Å². The number of ether oxygens (including phenoxy) is 2. The zero-order valence-electron chi connectivity index (χ0n) is 16.2. The summed E-state index contributed by atoms with van der Waals surface area (Å²) in [5.74, 6) is -0.779. The average molecular weight is 392 g/mol. The summed E-state index contributed by atoms with van der Waals surface area (Å²) in [5, 5.41) is 2.88. The van der Waals surface area contributed by atoms with Gasteiger partial charge >= 0.3 is 0 Å². The largest absolute Gasteiger partial charge is 0.347 e. The molecule has 0 radical (unpaired) electrons. The third-order valence-electron chi connectivity index (χ3n) is 5.29. The van der Waals surface area contributed by atoms with E-state index in [0.29, 0.717) is 50.3 Å². The number of anilines is 1. The predicted molar refractivity (Wildman–Crippen MR) is 110 cm³/mol. The molecule has 2 fully saturated rings. The van der Waals surface area contributed by atoms with Crippen molar-refractivity contribution in [3.63, 3.8) is 0 Å². The molecule has 0 atom stereocenters. The molecule has 1 spiro atoms. The van der Waals surface area contributed by atoms with Gasteiger partial charge in [0.25, 0.3) is 5.91 Å². The van der Waals surface area contributed by atoms with E-state index < -0.39 is 5.79 Å². The van der Waals surface area contributed by atoms with E-state index in [1.165, 1.54) is 6.08 Å². The number of piperidine rings is 1. The number of carbonyl (C=O) groups excluding carboxylic acids is 2. The van der Waals surface area contributed by atoms with Crippen LogP contribution in [0.25, 0.3) is 6.08 Å². The predicted octanol–water partition coefficient (Wildman–Crippen LogP) is 3.32. The zero-order valence-corrected chi connectivity index (χ0v) is 16.2. The van der Waals surface area contributed by atoms with Crippen LogP contribution in [0.15, 0.2) is 60.7 Å². The highest BCUT2D eigenvalue weighted by Crippen LogP contribution is 2.31. The van der Waals surface area contributed by atoms with Crippen molar-refractivity contribution >= 4 is 23.6 Å². The molecule has 0 saturated carbocycles. The lowest BCUT2D eigenvalue weighted by Crippen LogP contribution is -2.46. The SMILES string of the molecule is O=C(Nc1ccccc1)c1ccccc1/C=C/C(=O)N1CCC2(CC1)OCCO2. The van der Waals surface area contributed by atoms with Gasteiger partial charge in [0.15, 0.2) is 5.79 Å². The summed E-state index contributed by atoms with van der Waals surface area (Å²) in [6, 6.07) is 16.5. The summed E-state index contributed by atoms with van der Waals surface area (Å²) < 4.78 is 11.4. The number of nitrogens with one attached hydrogen (secondary N) is 1. The first-order valence-electron chi connectivity index (χ1n) is 9.86. The van der Waals surface area contributed by atoms with Crippen LogP contribution in [-0.2, 0) is 14.3 Å². The van der Waals surface area contributed by atoms with Crippen LogP contribution >= 0.6 is 0 Å². The maximum Gasteiger partial charge on any atom is 0.256 e. The molecule has 2 aliphatic heterocycles. The minimum Gasteiger partial charge on any atom is -0.347 e. The first kappa shape index (κ1) is 19.4. The number of hydrogen-bond acceptors (Lipinski definition) is 4. The standard InChI is InChI=1S/C23H24N2O4/c26-21(25-14-12-23(13-15-25)28-16-17-29-23)11-10-18-6-4-5-9-20(18)22(27)24-19-7-2-1-3-8-19/h1-11H,12-17H2,(H,24,27)/b11-10+. The van der Waals surface area contributed by atoms with Crippen molar-refractivity contribution in [2.75, 3.05) is 31.6 Å². The molecular formula is C23H24N2O4. The molecule has 2 amide bonds. The fourth-order valence-electron chi connectivity index (χ4n) is 3.69. The van der Waals surface area contributed by atoms with Gasteiger partial charge in [0.05, 0.1) is 13.2 Å². The summed E-state index contributed by atoms with van der Waals surface area (Å²) in [6.07, 6.45) is 4.60. The number of amides is 2. The Morgan fingerprint density at radius 2 is 1.59 bits per heavy atom. The fourth-order valence-corrected chi connectivity index (χ4v) is 3.69. The van der Waals surface area contributed by atoms with Gasteiger partial charge in [0, 0.05) is 43.3 Å². The topological polar surface area (TPSA) is 67.9 Å². The Balaban J connectivity index is 1.41. The van der Waals surface area contributed by atoms with Gasteiger partial charge in [0.2, 0.25) is 5.91 Å². The maximum atomic E-state index is 12.7. The monoisotopic (exact) mass is 392 g/mol. The second-order valence-corrected chi connectivity index (χ2v) is 7.17. The quantitative estimate of drug-likeness (QED) is 0.811. The van der Waals surface area contributed by atoms with Crippen molar-refractivity contribution in [1.82, 2.24) is 4.90 Å². The number of rotatable bonds is 4. The van der Waals surface area contributed by atoms with E-state index in [4.69, 9.17) is 9.47 Å². The van der Waals surface area contributed by atoms with Crippen LogP contribution in [0, 0.1) is 0 Å². The molecule has 0 bridgehead atoms. The molecule has 2 aliphatic rings. The highest BCUT2D eigenvalue weighted by atomic mass is 16.7. The lowest BCUT2D eigenvalue weighted by atomic mass is 10.0. The molecule has 2 heterocycles. The smallest absolute Gasteiger partial charge is 0.256 e. The van der Waals surface area contributed by atoms with Gasteiger partial charge in [-0.3, -0.25) is 9.59 Å². The first-order chi connectivity index (χ1) is 14.2. The lowest BCUT2D eigenvalue weighted by Gasteiger charge is -2.37. The minimum atomic E-state index is -0.497. The number of para-hydroxylation sites is 1. The van der Waals surface area contributed by atoms with Crippen LogP contribution in [0.5, 0.6) is 0 Å². The molecule has 0 aliphatic carbocycles. The minimum absolute atomic E-state index is 0.0730. The van der Waals surface area contributed by atoms with Crippen molar-refractivity contribution < 1.29 is 19.1 Å². The first-order valence-corrected chi connectivity index (χ1v) is 9.86. The van der Waals surface area contributed by atoms with Crippen molar-refractivity contribution in [2.24, 2.45) is 0 Å². The fraction of sp³-hybridized carbons (Fsp3) is 0.304. The highest BCUT2D eigenvalue weighted by Gasteiger charge is 2.40. The van der Waals surface area contributed by atoms with Gasteiger partial charge in [-0.05, 0) is 29.8 Å². The summed E-state index contributed by atoms with van der Waals surface area (Å²) in [4.78, 5) is 27.1. The number of carbonyl (C=O) groups is 2. The van der Waals surface area contributed by atoms with Gasteiger partial charge in [-0.15, -0.1) is 0 Å². The average Bonchev–Trinajstić information content (AvgIpc) is 3.21. The number of likely N-dealkylation sites (tertiary alicyclic amines) is 1. The van der Waals surface area contributed by atoms with E-state index in [9.17, 15) is 9.59 Å². The summed E-state index contributed by atoms with van der Waals surface area (Å²) in [5.41, 5.74) is 1.95. The summed E-state index contributed by atoms with van der Waals surface area (Å²) in [6.45, 7) is 2.43. The number of benzene rings is 2. The molecule has 6 heteroatoms. The molecule has 1 N–H and O–H groups in total. The van der Waals surface area contributed by atoms with Gasteiger partial charge in [0.1, 0.15) is 0 Å². The molecule has 29 heavy (non-hydrogen) atoms. The van der Waals surface area contributed by atoms with E-state index in [0.717, 1.165) is 5.69 Å². The van der Waals surface area contributed by atoms with Crippen LogP contribution < -0.4 is 5.32 Å². The molecule has 4 rings (SSSR count). The van der Waals surface area contributed by atoms with Gasteiger partial charge in [-0.2, -0.15) is 0 Å².